The van der Waals surface area contributed by atoms with E-state index >= 15 is 0 Å². The first-order chi connectivity index (χ1) is 11.3. The third kappa shape index (κ3) is 3.75. The Morgan fingerprint density at radius 3 is 2.87 bits per heavy atom. The molecular weight excluding hydrogens is 299 g/mol. The Morgan fingerprint density at radius 1 is 1.30 bits per heavy atom. The van der Waals surface area contributed by atoms with E-state index in [-0.39, 0.29) is 5.56 Å². The lowest BCUT2D eigenvalue weighted by molar-refractivity contribution is 0.0383. The van der Waals surface area contributed by atoms with Crippen LogP contribution in [0.15, 0.2) is 36.7 Å². The predicted octanol–water partition coefficient (Wildman–Crippen LogP) is 1.07. The number of hydrogen-bond acceptors (Lipinski definition) is 4. The normalized spacial score (nSPS) is 15.5. The molecule has 0 saturated carbocycles. The van der Waals surface area contributed by atoms with Crippen molar-refractivity contribution in [3.05, 3.63) is 48.0 Å². The molecule has 6 nitrogen and oxygen atoms in total. The molecule has 1 N–H and O–H groups in total. The molecule has 1 fully saturated rings. The zero-order valence-corrected chi connectivity index (χ0v) is 12.7. The molecule has 1 amide bonds. The molecule has 2 aromatic rings. The average molecular weight is 318 g/mol. The van der Waals surface area contributed by atoms with Crippen LogP contribution in [0, 0.1) is 5.82 Å². The van der Waals surface area contributed by atoms with E-state index in [0.717, 1.165) is 19.6 Å². The van der Waals surface area contributed by atoms with E-state index < -0.39 is 11.7 Å². The van der Waals surface area contributed by atoms with E-state index in [2.05, 4.69) is 15.3 Å². The number of aromatic nitrogens is 2. The van der Waals surface area contributed by atoms with Gasteiger partial charge in [-0.15, -0.1) is 0 Å². The van der Waals surface area contributed by atoms with Crippen LogP contribution in [0.4, 0.5) is 4.39 Å². The lowest BCUT2D eigenvalue weighted by atomic mass is 10.1. The smallest absolute Gasteiger partial charge is 0.256 e. The minimum Gasteiger partial charge on any atom is -0.379 e. The van der Waals surface area contributed by atoms with Crippen LogP contribution in [0.3, 0.4) is 0 Å². The fourth-order valence-corrected chi connectivity index (χ4v) is 2.58. The van der Waals surface area contributed by atoms with Crippen LogP contribution in [0.5, 0.6) is 0 Å². The fourth-order valence-electron chi connectivity index (χ4n) is 2.58. The lowest BCUT2D eigenvalue weighted by Crippen LogP contribution is -2.41. The van der Waals surface area contributed by atoms with Gasteiger partial charge in [-0.25, -0.2) is 9.07 Å². The van der Waals surface area contributed by atoms with Gasteiger partial charge in [0.1, 0.15) is 11.4 Å². The van der Waals surface area contributed by atoms with Gasteiger partial charge in [0.15, 0.2) is 0 Å². The Bertz CT molecular complexity index is 654. The van der Waals surface area contributed by atoms with Crippen LogP contribution in [-0.2, 0) is 4.74 Å². The van der Waals surface area contributed by atoms with E-state index in [0.29, 0.717) is 25.4 Å². The molecule has 1 aromatic heterocycles. The highest BCUT2D eigenvalue weighted by Crippen LogP contribution is 2.17. The van der Waals surface area contributed by atoms with Crippen molar-refractivity contribution < 1.29 is 13.9 Å². The van der Waals surface area contributed by atoms with Crippen molar-refractivity contribution in [3.63, 3.8) is 0 Å². The van der Waals surface area contributed by atoms with Crippen molar-refractivity contribution in [1.29, 1.82) is 0 Å². The summed E-state index contributed by atoms with van der Waals surface area (Å²) >= 11 is 0. The SMILES string of the molecule is O=C(NCCN1CCOCC1)c1c(F)cccc1-n1cccn1. The first kappa shape index (κ1) is 15.6. The van der Waals surface area contributed by atoms with Crippen molar-refractivity contribution in [2.75, 3.05) is 39.4 Å². The molecule has 0 radical (unpaired) electrons. The predicted molar refractivity (Wildman–Crippen MR) is 83.1 cm³/mol. The molecule has 1 aromatic carbocycles. The third-order valence-corrected chi connectivity index (χ3v) is 3.79. The van der Waals surface area contributed by atoms with Gasteiger partial charge < -0.3 is 10.1 Å². The summed E-state index contributed by atoms with van der Waals surface area (Å²) in [6, 6.07) is 6.25. The van der Waals surface area contributed by atoms with Crippen LogP contribution in [0.1, 0.15) is 10.4 Å². The van der Waals surface area contributed by atoms with E-state index in [1.54, 1.807) is 30.6 Å². The summed E-state index contributed by atoms with van der Waals surface area (Å²) in [6.45, 7) is 4.32. The highest BCUT2D eigenvalue weighted by molar-refractivity contribution is 5.98. The Hall–Kier alpha value is -2.25. The number of nitrogens with one attached hydrogen (secondary N) is 1. The number of rotatable bonds is 5. The Morgan fingerprint density at radius 2 is 2.13 bits per heavy atom. The summed E-state index contributed by atoms with van der Waals surface area (Å²) in [7, 11) is 0. The molecule has 0 atom stereocenters. The van der Waals surface area contributed by atoms with Gasteiger partial charge in [-0.1, -0.05) is 6.07 Å². The number of morpholine rings is 1. The second kappa shape index (κ2) is 7.34. The molecule has 23 heavy (non-hydrogen) atoms. The minimum atomic E-state index is -0.554. The molecule has 0 aliphatic carbocycles. The number of nitrogens with zero attached hydrogens (tertiary/aromatic N) is 3. The van der Waals surface area contributed by atoms with Crippen molar-refractivity contribution in [3.8, 4) is 5.69 Å². The van der Waals surface area contributed by atoms with Gasteiger partial charge >= 0.3 is 0 Å². The number of ether oxygens (including phenoxy) is 1. The zero-order chi connectivity index (χ0) is 16.1. The second-order valence-corrected chi connectivity index (χ2v) is 5.29. The molecule has 2 heterocycles. The molecule has 1 saturated heterocycles. The number of halogens is 1. The van der Waals surface area contributed by atoms with Crippen LogP contribution in [0.2, 0.25) is 0 Å². The van der Waals surface area contributed by atoms with E-state index in [9.17, 15) is 9.18 Å². The number of hydrogen-bond donors (Lipinski definition) is 1. The molecule has 122 valence electrons. The van der Waals surface area contributed by atoms with Gasteiger partial charge in [0.25, 0.3) is 5.91 Å². The van der Waals surface area contributed by atoms with Crippen molar-refractivity contribution in [1.82, 2.24) is 20.0 Å². The molecule has 7 heteroatoms. The number of benzene rings is 1. The maximum atomic E-state index is 14.1. The number of carbonyl (C=O) groups is 1. The molecular formula is C16H19FN4O2. The molecule has 3 rings (SSSR count). The lowest BCUT2D eigenvalue weighted by Gasteiger charge is -2.26. The monoisotopic (exact) mass is 318 g/mol. The van der Waals surface area contributed by atoms with Gasteiger partial charge in [0, 0.05) is 38.6 Å². The van der Waals surface area contributed by atoms with Gasteiger partial charge in [-0.05, 0) is 18.2 Å². The van der Waals surface area contributed by atoms with Gasteiger partial charge in [0.05, 0.1) is 18.9 Å². The second-order valence-electron chi connectivity index (χ2n) is 5.29. The van der Waals surface area contributed by atoms with Crippen LogP contribution >= 0.6 is 0 Å². The molecule has 0 bridgehead atoms. The first-order valence-corrected chi connectivity index (χ1v) is 7.62. The summed E-state index contributed by atoms with van der Waals surface area (Å²) in [4.78, 5) is 14.6. The Kier molecular flexibility index (Phi) is 4.99. The minimum absolute atomic E-state index is 0.0122. The van der Waals surface area contributed by atoms with Crippen molar-refractivity contribution >= 4 is 5.91 Å². The van der Waals surface area contributed by atoms with Crippen molar-refractivity contribution in [2.24, 2.45) is 0 Å². The summed E-state index contributed by atoms with van der Waals surface area (Å²) in [5, 5.41) is 6.86. The van der Waals surface area contributed by atoms with Gasteiger partial charge in [0.2, 0.25) is 0 Å². The van der Waals surface area contributed by atoms with Crippen LogP contribution in [0.25, 0.3) is 5.69 Å². The third-order valence-electron chi connectivity index (χ3n) is 3.79. The molecule has 0 unspecified atom stereocenters. The first-order valence-electron chi connectivity index (χ1n) is 7.62. The van der Waals surface area contributed by atoms with Crippen LogP contribution < -0.4 is 5.32 Å². The standard InChI is InChI=1S/C16H19FN4O2/c17-13-3-1-4-14(21-7-2-5-19-21)15(13)16(22)18-6-8-20-9-11-23-12-10-20/h1-5,7H,6,8-12H2,(H,18,22). The van der Waals surface area contributed by atoms with E-state index in [1.165, 1.54) is 10.7 Å². The van der Waals surface area contributed by atoms with Gasteiger partial charge in [-0.2, -0.15) is 5.10 Å². The fraction of sp³-hybridized carbons (Fsp3) is 0.375. The number of amides is 1. The Labute approximate surface area is 133 Å². The van der Waals surface area contributed by atoms with Gasteiger partial charge in [-0.3, -0.25) is 9.69 Å². The molecule has 1 aliphatic heterocycles. The van der Waals surface area contributed by atoms with Crippen molar-refractivity contribution in [2.45, 2.75) is 0 Å². The van der Waals surface area contributed by atoms with Crippen LogP contribution in [-0.4, -0.2) is 60.0 Å². The summed E-state index contributed by atoms with van der Waals surface area (Å²) in [5.74, 6) is -0.983. The summed E-state index contributed by atoms with van der Waals surface area (Å²) in [5.41, 5.74) is 0.442. The Balaban J connectivity index is 1.67. The molecule has 1 aliphatic rings. The number of carbonyl (C=O) groups excluding carboxylic acids is 1. The topological polar surface area (TPSA) is 59.4 Å². The summed E-state index contributed by atoms with van der Waals surface area (Å²) < 4.78 is 20.9. The summed E-state index contributed by atoms with van der Waals surface area (Å²) in [6.07, 6.45) is 3.27. The zero-order valence-electron chi connectivity index (χ0n) is 12.7. The quantitative estimate of drug-likeness (QED) is 0.896. The highest BCUT2D eigenvalue weighted by atomic mass is 19.1. The maximum absolute atomic E-state index is 14.1. The maximum Gasteiger partial charge on any atom is 0.256 e. The average Bonchev–Trinajstić information content (AvgIpc) is 3.10. The largest absolute Gasteiger partial charge is 0.379 e. The highest BCUT2D eigenvalue weighted by Gasteiger charge is 2.18. The van der Waals surface area contributed by atoms with E-state index in [1.807, 2.05) is 0 Å². The molecule has 0 spiro atoms. The van der Waals surface area contributed by atoms with E-state index in [4.69, 9.17) is 4.74 Å².